The van der Waals surface area contributed by atoms with E-state index in [0.29, 0.717) is 63.4 Å². The Morgan fingerprint density at radius 1 is 0.808 bits per heavy atom. The van der Waals surface area contributed by atoms with Crippen LogP contribution in [0, 0.1) is 35.5 Å². The number of carbonyl (C=O) groups is 5. The average molecular weight is 1030 g/mol. The molecule has 6 rings (SSSR count). The predicted octanol–water partition coefficient (Wildman–Crippen LogP) is 5.08. The average Bonchev–Trinajstić information content (AvgIpc) is 3.95. The van der Waals surface area contributed by atoms with E-state index in [1.54, 1.807) is 40.9 Å². The summed E-state index contributed by atoms with van der Waals surface area (Å²) in [6.07, 6.45) is 7.79. The third kappa shape index (κ3) is 14.5. The van der Waals surface area contributed by atoms with E-state index in [0.717, 1.165) is 5.57 Å². The fourth-order valence-electron chi connectivity index (χ4n) is 11.8. The van der Waals surface area contributed by atoms with Gasteiger partial charge < -0.3 is 58.5 Å². The van der Waals surface area contributed by atoms with Crippen LogP contribution < -0.4 is 0 Å². The summed E-state index contributed by atoms with van der Waals surface area (Å²) in [5.41, 5.74) is 1.16. The number of ketones is 3. The third-order valence-corrected chi connectivity index (χ3v) is 16.5. The Morgan fingerprint density at radius 2 is 1.55 bits per heavy atom. The number of cyclic esters (lactones) is 1. The number of aliphatic hydroxyl groups is 4. The van der Waals surface area contributed by atoms with E-state index in [1.807, 2.05) is 51.2 Å². The van der Waals surface area contributed by atoms with Crippen LogP contribution in [0.1, 0.15) is 126 Å². The fraction of sp³-hybridized carbons (Fsp3) is 0.768. The quantitative estimate of drug-likeness (QED) is 0.148. The van der Waals surface area contributed by atoms with Gasteiger partial charge in [0, 0.05) is 51.4 Å². The summed E-state index contributed by atoms with van der Waals surface area (Å²) in [6.45, 7) is 12.9. The lowest BCUT2D eigenvalue weighted by atomic mass is 9.78. The van der Waals surface area contributed by atoms with Crippen LogP contribution in [0.25, 0.3) is 0 Å². The molecule has 4 N–H and O–H groups in total. The van der Waals surface area contributed by atoms with Crippen molar-refractivity contribution in [3.05, 3.63) is 47.6 Å². The molecule has 73 heavy (non-hydrogen) atoms. The molecule has 0 aromatic rings. The summed E-state index contributed by atoms with van der Waals surface area (Å²) in [7, 11) is 2.93. The van der Waals surface area contributed by atoms with Crippen LogP contribution in [0.4, 0.5) is 0 Å². The van der Waals surface area contributed by atoms with Crippen molar-refractivity contribution < 1.29 is 77.6 Å². The molecule has 1 amide bonds. The summed E-state index contributed by atoms with van der Waals surface area (Å²) >= 11 is 0. The second-order valence-electron chi connectivity index (χ2n) is 22.2. The second kappa shape index (κ2) is 26.5. The van der Waals surface area contributed by atoms with E-state index in [4.69, 9.17) is 33.2 Å². The first-order valence-corrected chi connectivity index (χ1v) is 26.9. The van der Waals surface area contributed by atoms with E-state index in [1.165, 1.54) is 12.0 Å². The maximum Gasteiger partial charge on any atom is 0.329 e. The molecule has 4 saturated heterocycles. The zero-order chi connectivity index (χ0) is 53.3. The first-order chi connectivity index (χ1) is 34.7. The van der Waals surface area contributed by atoms with Gasteiger partial charge >= 0.3 is 5.97 Å². The molecule has 2 bridgehead atoms. The Labute approximate surface area is 432 Å². The molecule has 17 heteroatoms. The zero-order valence-corrected chi connectivity index (χ0v) is 44.6. The number of ether oxygens (including phenoxy) is 7. The first kappa shape index (κ1) is 58.8. The van der Waals surface area contributed by atoms with Crippen LogP contribution in [0.5, 0.6) is 0 Å². The molecular weight excluding hydrogens is 943 g/mol. The van der Waals surface area contributed by atoms with Crippen LogP contribution in [0.3, 0.4) is 0 Å². The SMILES string of the molecule is CO[C@@H]1C[C@H](C[C@@H](C)[C@@H]2CC(=O)[C@H](C)/C=C(\C)[C@@H](O)[C@@H](OC)C(=O)[C@H](C)C[C@H](C)/C=C/C=C/C=C(\C)[C@@H](O[C@@H]3CO[C@H]4[C@@H]3OC[C@@H]4O)C[C@@H]3CC[C@@H](C)[C@@](O)(O3)C(=O)C(=O)N3CCCC[C@H]3C(=O)O2)CC[C@H]1O. The molecular formula is C56H85NO16. The molecule has 19 atom stereocenters. The minimum Gasteiger partial charge on any atom is -0.460 e. The zero-order valence-electron chi connectivity index (χ0n) is 44.6. The molecule has 5 aliphatic heterocycles. The highest BCUT2D eigenvalue weighted by atomic mass is 16.6. The Hall–Kier alpha value is -3.49. The summed E-state index contributed by atoms with van der Waals surface area (Å²) < 4.78 is 42.2. The number of allylic oxidation sites excluding steroid dienone is 6. The van der Waals surface area contributed by atoms with Crippen molar-refractivity contribution >= 4 is 29.2 Å². The molecule has 1 aliphatic carbocycles. The van der Waals surface area contributed by atoms with Crippen LogP contribution in [-0.2, 0) is 57.1 Å². The molecule has 0 radical (unpaired) electrons. The van der Waals surface area contributed by atoms with Crippen LogP contribution >= 0.6 is 0 Å². The number of Topliss-reactive ketones (excluding diaryl/α,β-unsaturated/α-hetero) is 3. The molecule has 410 valence electrons. The Bertz CT molecular complexity index is 2040. The van der Waals surface area contributed by atoms with Crippen LogP contribution in [0.2, 0.25) is 0 Å². The number of esters is 1. The predicted molar refractivity (Wildman–Crippen MR) is 268 cm³/mol. The van der Waals surface area contributed by atoms with E-state index in [-0.39, 0.29) is 74.4 Å². The molecule has 5 heterocycles. The lowest BCUT2D eigenvalue weighted by Gasteiger charge is -2.43. The molecule has 0 unspecified atom stereocenters. The van der Waals surface area contributed by atoms with Crippen molar-refractivity contribution in [1.82, 2.24) is 4.90 Å². The van der Waals surface area contributed by atoms with Gasteiger partial charge in [0.15, 0.2) is 5.78 Å². The van der Waals surface area contributed by atoms with Crippen molar-refractivity contribution in [3.63, 3.8) is 0 Å². The van der Waals surface area contributed by atoms with Gasteiger partial charge in [-0.1, -0.05) is 71.1 Å². The fourth-order valence-corrected chi connectivity index (χ4v) is 11.8. The summed E-state index contributed by atoms with van der Waals surface area (Å²) in [5, 5.41) is 44.7. The van der Waals surface area contributed by atoms with Gasteiger partial charge in [0.05, 0.1) is 37.6 Å². The highest BCUT2D eigenvalue weighted by molar-refractivity contribution is 6.39. The number of amides is 1. The van der Waals surface area contributed by atoms with Crippen molar-refractivity contribution in [3.8, 4) is 0 Å². The molecule has 6 aliphatic rings. The lowest BCUT2D eigenvalue weighted by Crippen LogP contribution is -2.61. The van der Waals surface area contributed by atoms with Gasteiger partial charge in [0.1, 0.15) is 54.6 Å². The van der Waals surface area contributed by atoms with Gasteiger partial charge in [-0.2, -0.15) is 0 Å². The summed E-state index contributed by atoms with van der Waals surface area (Å²) in [5.74, 6) is -8.41. The summed E-state index contributed by atoms with van der Waals surface area (Å²) in [6, 6.07) is -1.18. The largest absolute Gasteiger partial charge is 0.460 e. The Kier molecular flexibility index (Phi) is 21.3. The van der Waals surface area contributed by atoms with Crippen molar-refractivity contribution in [1.29, 1.82) is 0 Å². The van der Waals surface area contributed by atoms with Gasteiger partial charge in [-0.25, -0.2) is 4.79 Å². The molecule has 5 fully saturated rings. The Balaban J connectivity index is 1.31. The topological polar surface area (TPSA) is 234 Å². The molecule has 0 aromatic heterocycles. The summed E-state index contributed by atoms with van der Waals surface area (Å²) in [4.78, 5) is 72.7. The molecule has 1 saturated carbocycles. The van der Waals surface area contributed by atoms with E-state index < -0.39 is 108 Å². The highest BCUT2D eigenvalue weighted by Crippen LogP contribution is 2.39. The number of rotatable bonds is 7. The standard InChI is InChI=1S/C56H85NO16/c1-31-15-11-10-12-16-32(2)44(71-47-30-70-50-43(60)29-69-51(47)50)27-39-20-18-37(7)56(66,73-39)53(63)54(64)57-22-14-13-17-40(57)55(65)72-45(34(4)25-38-19-21-41(58)46(26-38)67-8)28-42(59)33(3)24-36(6)49(62)52(68-9)48(61)35(5)23-31/h10-12,15-16,24,31,33-35,37-41,43-47,49-52,58,60,62,66H,13-14,17-23,25-30H2,1-9H3/b12-10+,15-11+,32-16+,36-24+/t31-,33-,34-,35-,37-,38+,39+,40+,41-,43+,44+,45+,46-,47-,49-,50-,51-,52+,56-/m1/s1. The van der Waals surface area contributed by atoms with Gasteiger partial charge in [-0.15, -0.1) is 0 Å². The van der Waals surface area contributed by atoms with Crippen LogP contribution in [0.15, 0.2) is 47.6 Å². The number of fused-ring (bicyclic) bond motifs is 4. The normalized spacial score (nSPS) is 43.2. The van der Waals surface area contributed by atoms with Gasteiger partial charge in [0.2, 0.25) is 5.79 Å². The van der Waals surface area contributed by atoms with Gasteiger partial charge in [-0.05, 0) is 107 Å². The van der Waals surface area contributed by atoms with E-state index in [9.17, 15) is 44.4 Å². The molecule has 17 nitrogen and oxygen atoms in total. The number of piperidine rings is 1. The van der Waals surface area contributed by atoms with Crippen LogP contribution in [-0.4, -0.2) is 168 Å². The highest BCUT2D eigenvalue weighted by Gasteiger charge is 2.54. The molecule has 0 spiro atoms. The van der Waals surface area contributed by atoms with Crippen molar-refractivity contribution in [2.24, 2.45) is 35.5 Å². The smallest absolute Gasteiger partial charge is 0.329 e. The number of hydrogen-bond acceptors (Lipinski definition) is 16. The Morgan fingerprint density at radius 3 is 2.27 bits per heavy atom. The lowest BCUT2D eigenvalue weighted by molar-refractivity contribution is -0.266. The number of hydrogen-bond donors (Lipinski definition) is 4. The third-order valence-electron chi connectivity index (χ3n) is 16.5. The van der Waals surface area contributed by atoms with E-state index >= 15 is 0 Å². The van der Waals surface area contributed by atoms with Crippen molar-refractivity contribution in [2.75, 3.05) is 34.0 Å². The van der Waals surface area contributed by atoms with Crippen molar-refractivity contribution in [2.45, 2.75) is 204 Å². The minimum atomic E-state index is -2.52. The van der Waals surface area contributed by atoms with Gasteiger partial charge in [-0.3, -0.25) is 19.2 Å². The number of nitrogens with zero attached hydrogens (tertiary/aromatic N) is 1. The van der Waals surface area contributed by atoms with Gasteiger partial charge in [0.25, 0.3) is 11.7 Å². The number of aliphatic hydroxyl groups excluding tert-OH is 3. The monoisotopic (exact) mass is 1030 g/mol. The number of carbonyl (C=O) groups excluding carboxylic acids is 5. The maximum atomic E-state index is 14.5. The first-order valence-electron chi connectivity index (χ1n) is 26.9. The maximum absolute atomic E-state index is 14.5. The van der Waals surface area contributed by atoms with E-state index in [2.05, 4.69) is 0 Å². The number of methoxy groups -OCH3 is 2. The molecule has 0 aromatic carbocycles. The minimum absolute atomic E-state index is 0.0303. The second-order valence-corrected chi connectivity index (χ2v) is 22.2.